The maximum absolute atomic E-state index is 13.5. The van der Waals surface area contributed by atoms with Crippen molar-refractivity contribution in [3.63, 3.8) is 0 Å². The van der Waals surface area contributed by atoms with Crippen LogP contribution in [0.4, 0.5) is 8.78 Å². The minimum atomic E-state index is -0.869. The van der Waals surface area contributed by atoms with Crippen LogP contribution >= 0.6 is 11.3 Å². The van der Waals surface area contributed by atoms with Gasteiger partial charge in [-0.2, -0.15) is 0 Å². The Hall–Kier alpha value is -1.79. The number of aliphatic hydroxyl groups excluding tert-OH is 1. The van der Waals surface area contributed by atoms with Gasteiger partial charge in [-0.1, -0.05) is 6.07 Å². The van der Waals surface area contributed by atoms with Crippen molar-refractivity contribution < 1.29 is 13.9 Å². The zero-order valence-electron chi connectivity index (χ0n) is 10.5. The van der Waals surface area contributed by atoms with E-state index in [2.05, 4.69) is 4.98 Å². The molecule has 0 radical (unpaired) electrons. The van der Waals surface area contributed by atoms with Crippen LogP contribution in [0.3, 0.4) is 0 Å². The number of aliphatic hydroxyl groups is 1. The van der Waals surface area contributed by atoms with Gasteiger partial charge in [0.2, 0.25) is 0 Å². The topological polar surface area (TPSA) is 37.5 Å². The summed E-state index contributed by atoms with van der Waals surface area (Å²) in [5.74, 6) is -1.26. The van der Waals surface area contributed by atoms with Gasteiger partial charge in [-0.3, -0.25) is 4.40 Å². The number of nitrogens with zero attached hydrogens (tertiary/aromatic N) is 2. The maximum atomic E-state index is 13.5. The smallest absolute Gasteiger partial charge is 0.193 e. The van der Waals surface area contributed by atoms with Gasteiger partial charge < -0.3 is 5.11 Å². The Labute approximate surface area is 118 Å². The predicted octanol–water partition coefficient (Wildman–Crippen LogP) is 2.82. The van der Waals surface area contributed by atoms with E-state index < -0.39 is 17.7 Å². The SMILES string of the molecule is OC(Cc1cn2ccsc2n1)Cc1c(F)cccc1F. The number of benzene rings is 1. The summed E-state index contributed by atoms with van der Waals surface area (Å²) in [4.78, 5) is 5.17. The summed E-state index contributed by atoms with van der Waals surface area (Å²) in [6, 6.07) is 3.69. The lowest BCUT2D eigenvalue weighted by molar-refractivity contribution is 0.171. The second-order valence-electron chi connectivity index (χ2n) is 4.59. The van der Waals surface area contributed by atoms with Gasteiger partial charge in [0.05, 0.1) is 11.8 Å². The van der Waals surface area contributed by atoms with E-state index in [1.165, 1.54) is 29.5 Å². The van der Waals surface area contributed by atoms with E-state index in [-0.39, 0.29) is 18.4 Å². The van der Waals surface area contributed by atoms with Gasteiger partial charge in [0.1, 0.15) is 11.6 Å². The van der Waals surface area contributed by atoms with Crippen LogP contribution in [0.1, 0.15) is 11.3 Å². The van der Waals surface area contributed by atoms with Crippen LogP contribution in [0.2, 0.25) is 0 Å². The molecule has 3 aromatic rings. The number of hydrogen-bond acceptors (Lipinski definition) is 3. The standard InChI is InChI=1S/C14H12F2N2OS/c15-12-2-1-3-13(16)11(12)7-10(19)6-9-8-18-4-5-20-14(18)17-9/h1-5,8,10,19H,6-7H2. The number of thiazole rings is 1. The van der Waals surface area contributed by atoms with E-state index in [4.69, 9.17) is 0 Å². The number of rotatable bonds is 4. The van der Waals surface area contributed by atoms with Crippen LogP contribution in [0.25, 0.3) is 4.96 Å². The Kier molecular flexibility index (Phi) is 3.50. The fourth-order valence-electron chi connectivity index (χ4n) is 2.15. The zero-order valence-corrected chi connectivity index (χ0v) is 11.3. The first-order valence-corrected chi connectivity index (χ1v) is 7.03. The second kappa shape index (κ2) is 5.30. The summed E-state index contributed by atoms with van der Waals surface area (Å²) >= 11 is 1.49. The average molecular weight is 294 g/mol. The van der Waals surface area contributed by atoms with Crippen LogP contribution in [-0.2, 0) is 12.8 Å². The van der Waals surface area contributed by atoms with Crippen molar-refractivity contribution in [1.29, 1.82) is 0 Å². The molecule has 1 aromatic carbocycles. The number of hydrogen-bond donors (Lipinski definition) is 1. The molecule has 104 valence electrons. The fourth-order valence-corrected chi connectivity index (χ4v) is 2.87. The van der Waals surface area contributed by atoms with Gasteiger partial charge in [-0.25, -0.2) is 13.8 Å². The minimum absolute atomic E-state index is 0.0658. The normalized spacial score (nSPS) is 12.9. The quantitative estimate of drug-likeness (QED) is 0.803. The Morgan fingerprint density at radius 3 is 2.70 bits per heavy atom. The third kappa shape index (κ3) is 2.57. The molecule has 0 aliphatic heterocycles. The lowest BCUT2D eigenvalue weighted by Crippen LogP contribution is -2.16. The van der Waals surface area contributed by atoms with E-state index in [1.54, 1.807) is 0 Å². The van der Waals surface area contributed by atoms with Crippen LogP contribution in [0.15, 0.2) is 36.0 Å². The molecule has 6 heteroatoms. The average Bonchev–Trinajstić information content (AvgIpc) is 2.94. The van der Waals surface area contributed by atoms with Crippen LogP contribution in [-0.4, -0.2) is 20.6 Å². The summed E-state index contributed by atoms with van der Waals surface area (Å²) in [5, 5.41) is 11.9. The largest absolute Gasteiger partial charge is 0.392 e. The molecule has 0 saturated heterocycles. The number of halogens is 2. The summed E-state index contributed by atoms with van der Waals surface area (Å²) in [6.07, 6.45) is 3.02. The molecule has 0 aliphatic carbocycles. The van der Waals surface area contributed by atoms with E-state index in [0.717, 1.165) is 4.96 Å². The summed E-state index contributed by atoms with van der Waals surface area (Å²) in [7, 11) is 0. The Balaban J connectivity index is 1.73. The van der Waals surface area contributed by atoms with Gasteiger partial charge >= 0.3 is 0 Å². The van der Waals surface area contributed by atoms with Crippen molar-refractivity contribution >= 4 is 16.3 Å². The highest BCUT2D eigenvalue weighted by Gasteiger charge is 2.15. The van der Waals surface area contributed by atoms with Crippen molar-refractivity contribution in [2.45, 2.75) is 18.9 Å². The molecule has 0 amide bonds. The lowest BCUT2D eigenvalue weighted by Gasteiger charge is -2.10. The number of imidazole rings is 1. The third-order valence-corrected chi connectivity index (χ3v) is 3.86. The predicted molar refractivity (Wildman–Crippen MR) is 72.8 cm³/mol. The highest BCUT2D eigenvalue weighted by atomic mass is 32.1. The Bertz CT molecular complexity index is 689. The Morgan fingerprint density at radius 1 is 1.25 bits per heavy atom. The molecule has 3 nitrogen and oxygen atoms in total. The molecule has 2 aromatic heterocycles. The van der Waals surface area contributed by atoms with Crippen LogP contribution < -0.4 is 0 Å². The van der Waals surface area contributed by atoms with Crippen molar-refractivity contribution in [3.05, 3.63) is 58.9 Å². The minimum Gasteiger partial charge on any atom is -0.392 e. The van der Waals surface area contributed by atoms with Crippen LogP contribution in [0.5, 0.6) is 0 Å². The Morgan fingerprint density at radius 2 is 2.00 bits per heavy atom. The molecule has 1 unspecified atom stereocenters. The van der Waals surface area contributed by atoms with E-state index in [1.807, 2.05) is 22.2 Å². The molecular formula is C14H12F2N2OS. The highest BCUT2D eigenvalue weighted by molar-refractivity contribution is 7.15. The molecule has 0 aliphatic rings. The molecule has 2 heterocycles. The molecule has 20 heavy (non-hydrogen) atoms. The maximum Gasteiger partial charge on any atom is 0.193 e. The van der Waals surface area contributed by atoms with Gasteiger partial charge in [0.15, 0.2) is 4.96 Å². The molecule has 0 saturated carbocycles. The van der Waals surface area contributed by atoms with Crippen LogP contribution in [0, 0.1) is 11.6 Å². The molecule has 1 atom stereocenters. The van der Waals surface area contributed by atoms with Gasteiger partial charge in [-0.15, -0.1) is 11.3 Å². The zero-order chi connectivity index (χ0) is 14.1. The first-order chi connectivity index (χ1) is 9.63. The summed E-state index contributed by atoms with van der Waals surface area (Å²) in [6.45, 7) is 0. The fraction of sp³-hybridized carbons (Fsp3) is 0.214. The first-order valence-electron chi connectivity index (χ1n) is 6.15. The van der Waals surface area contributed by atoms with E-state index >= 15 is 0 Å². The lowest BCUT2D eigenvalue weighted by atomic mass is 10.0. The first kappa shape index (κ1) is 13.2. The summed E-state index contributed by atoms with van der Waals surface area (Å²) in [5.41, 5.74) is 0.627. The van der Waals surface area contributed by atoms with Gasteiger partial charge in [-0.05, 0) is 12.1 Å². The molecule has 3 rings (SSSR count). The molecular weight excluding hydrogens is 282 g/mol. The third-order valence-electron chi connectivity index (χ3n) is 3.09. The van der Waals surface area contributed by atoms with Gasteiger partial charge in [0, 0.05) is 36.2 Å². The number of fused-ring (bicyclic) bond motifs is 1. The summed E-state index contributed by atoms with van der Waals surface area (Å²) < 4.78 is 28.9. The van der Waals surface area contributed by atoms with E-state index in [9.17, 15) is 13.9 Å². The van der Waals surface area contributed by atoms with E-state index in [0.29, 0.717) is 5.69 Å². The molecule has 0 spiro atoms. The van der Waals surface area contributed by atoms with Crippen molar-refractivity contribution in [3.8, 4) is 0 Å². The highest BCUT2D eigenvalue weighted by Crippen LogP contribution is 2.17. The van der Waals surface area contributed by atoms with Crippen molar-refractivity contribution in [2.24, 2.45) is 0 Å². The van der Waals surface area contributed by atoms with Crippen molar-refractivity contribution in [2.75, 3.05) is 0 Å². The second-order valence-corrected chi connectivity index (χ2v) is 5.46. The molecule has 1 N–H and O–H groups in total. The monoisotopic (exact) mass is 294 g/mol. The molecule has 0 bridgehead atoms. The molecule has 0 fully saturated rings. The van der Waals surface area contributed by atoms with Gasteiger partial charge in [0.25, 0.3) is 0 Å². The number of aromatic nitrogens is 2. The van der Waals surface area contributed by atoms with Crippen molar-refractivity contribution in [1.82, 2.24) is 9.38 Å².